The highest BCUT2D eigenvalue weighted by atomic mass is 28.3. The third-order valence-corrected chi connectivity index (χ3v) is 17.6. The highest BCUT2D eigenvalue weighted by Gasteiger charge is 2.58. The molecule has 0 bridgehead atoms. The maximum atomic E-state index is 14.1. The fourth-order valence-electron chi connectivity index (χ4n) is 9.70. The molecule has 3 aromatic rings. The monoisotopic (exact) mass is 746 g/mol. The highest BCUT2D eigenvalue weighted by Crippen LogP contribution is 2.51. The summed E-state index contributed by atoms with van der Waals surface area (Å²) in [6.45, 7) is 6.55. The summed E-state index contributed by atoms with van der Waals surface area (Å²) in [5.74, 6) is -1.54. The zero-order valence-corrected chi connectivity index (χ0v) is 31.6. The van der Waals surface area contributed by atoms with E-state index in [9.17, 15) is 19.2 Å². The van der Waals surface area contributed by atoms with Gasteiger partial charge in [0.2, 0.25) is 0 Å². The van der Waals surface area contributed by atoms with E-state index in [-0.39, 0.29) is 19.0 Å². The lowest BCUT2D eigenvalue weighted by Crippen LogP contribution is -2.67. The van der Waals surface area contributed by atoms with Crippen LogP contribution in [-0.4, -0.2) is 102 Å². The zero-order valence-electron chi connectivity index (χ0n) is 30.6. The molecule has 0 atom stereocenters. The molecule has 3 saturated heterocycles. The molecule has 0 radical (unpaired) electrons. The van der Waals surface area contributed by atoms with E-state index in [4.69, 9.17) is 14.2 Å². The fraction of sp³-hybridized carbons (Fsp3) is 0.429. The van der Waals surface area contributed by atoms with E-state index in [1.165, 1.54) is 40.3 Å². The Morgan fingerprint density at radius 2 is 1.30 bits per heavy atom. The van der Waals surface area contributed by atoms with E-state index in [0.29, 0.717) is 29.9 Å². The summed E-state index contributed by atoms with van der Waals surface area (Å²) in [7, 11) is -2.39. The first-order valence-corrected chi connectivity index (χ1v) is 22.0. The molecule has 0 saturated carbocycles. The van der Waals surface area contributed by atoms with Gasteiger partial charge in [-0.15, -0.1) is 0 Å². The normalized spacial score (nSPS) is 21.4. The zero-order chi connectivity index (χ0) is 36.9. The number of carbonyl (C=O) groups is 4. The molecule has 3 fully saturated rings. The number of benzene rings is 3. The van der Waals surface area contributed by atoms with Crippen LogP contribution in [0.3, 0.4) is 0 Å². The minimum absolute atomic E-state index is 0.0668. The number of nitrogens with zero attached hydrogens (tertiary/aromatic N) is 3. The summed E-state index contributed by atoms with van der Waals surface area (Å²) in [4.78, 5) is 57.9. The molecule has 0 aromatic heterocycles. The summed E-state index contributed by atoms with van der Waals surface area (Å²) >= 11 is 0. The number of amides is 3. The number of anilines is 2. The Hall–Kier alpha value is -4.78. The van der Waals surface area contributed by atoms with Gasteiger partial charge in [0.15, 0.2) is 5.60 Å². The Labute approximate surface area is 316 Å². The molecule has 6 aliphatic rings. The Kier molecular flexibility index (Phi) is 9.15. The van der Waals surface area contributed by atoms with Crippen LogP contribution in [0, 0.1) is 0 Å². The van der Waals surface area contributed by atoms with Crippen LogP contribution in [-0.2, 0) is 29.4 Å². The van der Waals surface area contributed by atoms with Gasteiger partial charge in [-0.25, -0.2) is 4.79 Å². The van der Waals surface area contributed by atoms with Gasteiger partial charge >= 0.3 is 5.97 Å². The number of nitrogens with one attached hydrogen (secondary N) is 1. The molecule has 0 unspecified atom stereocenters. The maximum absolute atomic E-state index is 14.1. The first kappa shape index (κ1) is 35.0. The lowest BCUT2D eigenvalue weighted by molar-refractivity contribution is -0.136. The van der Waals surface area contributed by atoms with Gasteiger partial charge in [0, 0.05) is 98.3 Å². The van der Waals surface area contributed by atoms with E-state index >= 15 is 0 Å². The second-order valence-electron chi connectivity index (χ2n) is 15.3. The predicted molar refractivity (Wildman–Crippen MR) is 207 cm³/mol. The van der Waals surface area contributed by atoms with Gasteiger partial charge in [-0.2, -0.15) is 0 Å². The summed E-state index contributed by atoms with van der Waals surface area (Å²) in [5.41, 5.74) is 4.65. The molecule has 12 heteroatoms. The molecule has 2 spiro atoms. The quantitative estimate of drug-likeness (QED) is 0.231. The number of hydrogen-bond acceptors (Lipinski definition) is 9. The van der Waals surface area contributed by atoms with E-state index in [1.807, 2.05) is 6.07 Å². The number of rotatable bonds is 6. The third-order valence-electron chi connectivity index (χ3n) is 12.3. The number of fused-ring (bicyclic) bond motifs is 8. The smallest absolute Gasteiger partial charge is 0.340 e. The van der Waals surface area contributed by atoms with Gasteiger partial charge in [0.05, 0.1) is 18.8 Å². The molecule has 11 nitrogen and oxygen atoms in total. The first-order chi connectivity index (χ1) is 26.4. The topological polar surface area (TPSA) is 118 Å². The number of carbonyl (C=O) groups excluding carboxylic acids is 4. The van der Waals surface area contributed by atoms with Crippen molar-refractivity contribution in [2.75, 3.05) is 75.5 Å². The van der Waals surface area contributed by atoms with E-state index in [2.05, 4.69) is 51.5 Å². The van der Waals surface area contributed by atoms with Crippen molar-refractivity contribution in [1.82, 2.24) is 10.2 Å². The molecular weight excluding hydrogens is 701 g/mol. The van der Waals surface area contributed by atoms with Crippen molar-refractivity contribution in [2.24, 2.45) is 0 Å². The minimum atomic E-state index is -2.39. The molecule has 6 aliphatic heterocycles. The Balaban J connectivity index is 1.18. The van der Waals surface area contributed by atoms with Crippen LogP contribution >= 0.6 is 0 Å². The van der Waals surface area contributed by atoms with Gasteiger partial charge in [0.1, 0.15) is 8.07 Å². The van der Waals surface area contributed by atoms with Crippen molar-refractivity contribution in [2.45, 2.75) is 49.8 Å². The third kappa shape index (κ3) is 5.77. The molecule has 54 heavy (non-hydrogen) atoms. The number of imide groups is 1. The lowest BCUT2D eigenvalue weighted by atomic mass is 9.78. The van der Waals surface area contributed by atoms with Crippen LogP contribution in [0.25, 0.3) is 0 Å². The van der Waals surface area contributed by atoms with Crippen LogP contribution in [0.5, 0.6) is 0 Å². The van der Waals surface area contributed by atoms with E-state index < -0.39 is 31.5 Å². The van der Waals surface area contributed by atoms with Gasteiger partial charge < -0.3 is 29.3 Å². The Bertz CT molecular complexity index is 1950. The summed E-state index contributed by atoms with van der Waals surface area (Å²) in [6.07, 6.45) is 7.93. The summed E-state index contributed by atoms with van der Waals surface area (Å²) in [6, 6.07) is 21.1. The highest BCUT2D eigenvalue weighted by molar-refractivity contribution is 7.03. The van der Waals surface area contributed by atoms with Crippen molar-refractivity contribution in [1.29, 1.82) is 0 Å². The van der Waals surface area contributed by atoms with Crippen molar-refractivity contribution in [3.05, 3.63) is 94.6 Å². The van der Waals surface area contributed by atoms with Crippen LogP contribution < -0.4 is 25.5 Å². The van der Waals surface area contributed by atoms with Crippen LogP contribution in [0.2, 0.25) is 12.1 Å². The standard InChI is InChI=1S/C42H46N4O7Si/c47-38-12-13-39(48)46(38)17-14-43-40(49)29-6-9-32-35(26-29)42(53-41(32)50)33-10-7-30(44-15-4-20-51-22-18-44)27-36(33)54(24-2-1-3-25-54)37-28-31(8-11-34(37)42)45-16-5-21-52-23-19-45/h6-13,26-28H,1-5,14-25H2,(H,43,49). The number of esters is 1. The average Bonchev–Trinajstić information content (AvgIpc) is 3.43. The predicted octanol–water partition coefficient (Wildman–Crippen LogP) is 3.32. The van der Waals surface area contributed by atoms with Crippen molar-refractivity contribution in [3.63, 3.8) is 0 Å². The summed E-state index contributed by atoms with van der Waals surface area (Å²) < 4.78 is 18.4. The van der Waals surface area contributed by atoms with Crippen molar-refractivity contribution < 1.29 is 33.4 Å². The largest absolute Gasteiger partial charge is 0.441 e. The average molecular weight is 747 g/mol. The molecule has 9 rings (SSSR count). The SMILES string of the molecule is O=C(NCCN1C(=O)C=CC1=O)c1ccc2c(c1)C1(OC2=O)c2ccc(N3CCCOCC3)cc2[Si]2(CCCCC2)c2cc(N3CCCOCC3)ccc21. The molecule has 280 valence electrons. The van der Waals surface area contributed by atoms with Crippen molar-refractivity contribution in [3.8, 4) is 0 Å². The number of hydrogen-bond donors (Lipinski definition) is 1. The molecule has 3 amide bonds. The Morgan fingerprint density at radius 1 is 0.685 bits per heavy atom. The second-order valence-corrected chi connectivity index (χ2v) is 19.5. The van der Waals surface area contributed by atoms with Crippen LogP contribution in [0.1, 0.15) is 69.5 Å². The van der Waals surface area contributed by atoms with Gasteiger partial charge in [-0.05, 0) is 77.8 Å². The van der Waals surface area contributed by atoms with E-state index in [1.54, 1.807) is 12.1 Å². The molecule has 6 heterocycles. The molecule has 0 aliphatic carbocycles. The fourth-order valence-corrected chi connectivity index (χ4v) is 15.4. The maximum Gasteiger partial charge on any atom is 0.340 e. The van der Waals surface area contributed by atoms with Gasteiger partial charge in [0.25, 0.3) is 17.7 Å². The van der Waals surface area contributed by atoms with E-state index in [0.717, 1.165) is 93.2 Å². The molecular formula is C42H46N4O7Si. The summed E-state index contributed by atoms with van der Waals surface area (Å²) in [5, 5.41) is 5.54. The minimum Gasteiger partial charge on any atom is -0.441 e. The Morgan fingerprint density at radius 3 is 1.91 bits per heavy atom. The second kappa shape index (κ2) is 14.1. The van der Waals surface area contributed by atoms with Crippen LogP contribution in [0.4, 0.5) is 11.4 Å². The lowest BCUT2D eigenvalue weighted by Gasteiger charge is -2.48. The van der Waals surface area contributed by atoms with Crippen LogP contribution in [0.15, 0.2) is 66.7 Å². The van der Waals surface area contributed by atoms with Gasteiger partial charge in [-0.3, -0.25) is 19.3 Å². The number of ether oxygens (including phenoxy) is 3. The van der Waals surface area contributed by atoms with Crippen molar-refractivity contribution >= 4 is 53.5 Å². The molecule has 3 aromatic carbocycles. The van der Waals surface area contributed by atoms with Gasteiger partial charge in [-0.1, -0.05) is 31.4 Å². The first-order valence-electron chi connectivity index (χ1n) is 19.5. The molecule has 1 N–H and O–H groups in total.